The highest BCUT2D eigenvalue weighted by Crippen LogP contribution is 2.27. The van der Waals surface area contributed by atoms with E-state index >= 15 is 0 Å². The van der Waals surface area contributed by atoms with Crippen molar-refractivity contribution in [2.45, 2.75) is 39.6 Å². The van der Waals surface area contributed by atoms with E-state index in [1.165, 1.54) is 53.2 Å². The van der Waals surface area contributed by atoms with Gasteiger partial charge in [0.1, 0.15) is 41.6 Å². The number of halogens is 3. The van der Waals surface area contributed by atoms with E-state index in [2.05, 4.69) is 36.1 Å². The van der Waals surface area contributed by atoms with Gasteiger partial charge in [-0.2, -0.15) is 10.2 Å². The van der Waals surface area contributed by atoms with Gasteiger partial charge >= 0.3 is 18.2 Å². The molecule has 0 unspecified atom stereocenters. The molecule has 8 rings (SSSR count). The van der Waals surface area contributed by atoms with Crippen LogP contribution in [0.2, 0.25) is 0 Å². The number of hydrogen-bond donors (Lipinski definition) is 3. The standard InChI is InChI=1S/C22H17FN4O2.C20H18FN5O3.C7H12ClNO3/c23-18-14-17(25-22(28)29-15-16-6-2-1-3-7-16)9-10-21(18)27-13-11-20(26-27)19-8-4-5-12-24-19;1-13(27)23-11-15-12-25(20(28)29-15)14-5-6-19(16(21)10-14)26-9-7-18(24-26)17-4-2-3-8-22-17;1-5(10)9-4-7(3-8)12-6(2)11/h1-14H,15H2,(H,25,28);2-10,15H,11-12H2,1H3,(H,23,27);7H,3-4H2,1-2H3,(H,9,10)/t;15-;7-/m.01/s1. The number of nitrogens with one attached hydrogen (secondary N) is 3. The molecule has 0 bridgehead atoms. The number of nitrogens with zero attached hydrogens (tertiary/aromatic N) is 7. The van der Waals surface area contributed by atoms with Gasteiger partial charge in [0.15, 0.2) is 11.6 Å². The average Bonchev–Trinajstić information content (AvgIpc) is 4.14. The van der Waals surface area contributed by atoms with Gasteiger partial charge in [0, 0.05) is 51.2 Å². The van der Waals surface area contributed by atoms with Gasteiger partial charge in [-0.3, -0.25) is 34.6 Å². The Morgan fingerprint density at radius 1 is 0.743 bits per heavy atom. The Morgan fingerprint density at radius 2 is 1.33 bits per heavy atom. The summed E-state index contributed by atoms with van der Waals surface area (Å²) in [5.74, 6) is -1.65. The van der Waals surface area contributed by atoms with E-state index < -0.39 is 42.0 Å². The number of hydrogen-bond acceptors (Lipinski definition) is 12. The summed E-state index contributed by atoms with van der Waals surface area (Å²) in [6.07, 6.45) is 4.49. The number of carbonyl (C=O) groups is 5. The predicted octanol–water partition coefficient (Wildman–Crippen LogP) is 7.65. The van der Waals surface area contributed by atoms with Gasteiger partial charge < -0.3 is 24.8 Å². The van der Waals surface area contributed by atoms with E-state index in [-0.39, 0.29) is 55.3 Å². The highest BCUT2D eigenvalue weighted by molar-refractivity contribution is 6.18. The number of esters is 1. The van der Waals surface area contributed by atoms with Gasteiger partial charge in [0.25, 0.3) is 0 Å². The second kappa shape index (κ2) is 25.0. The quantitative estimate of drug-likeness (QED) is 0.0545. The smallest absolute Gasteiger partial charge is 0.414 e. The monoisotopic (exact) mass is 976 g/mol. The van der Waals surface area contributed by atoms with Gasteiger partial charge in [-0.15, -0.1) is 11.6 Å². The minimum atomic E-state index is -0.655. The Morgan fingerprint density at radius 3 is 1.86 bits per heavy atom. The van der Waals surface area contributed by atoms with Crippen LogP contribution in [0, 0.1) is 11.6 Å². The lowest BCUT2D eigenvalue weighted by molar-refractivity contribution is -0.145. The van der Waals surface area contributed by atoms with Gasteiger partial charge in [0.05, 0.1) is 42.6 Å². The number of anilines is 2. The molecule has 7 aromatic rings. The maximum atomic E-state index is 14.8. The summed E-state index contributed by atoms with van der Waals surface area (Å²) in [5, 5.41) is 16.4. The number of aromatic nitrogens is 6. The van der Waals surface area contributed by atoms with Crippen LogP contribution in [0.15, 0.2) is 140 Å². The molecule has 1 fully saturated rings. The van der Waals surface area contributed by atoms with Gasteiger partial charge in [-0.25, -0.2) is 27.7 Å². The molecule has 4 aromatic heterocycles. The van der Waals surface area contributed by atoms with Crippen LogP contribution in [0.4, 0.5) is 29.7 Å². The molecular formula is C49H47ClF2N10O8. The van der Waals surface area contributed by atoms with Crippen molar-refractivity contribution in [3.8, 4) is 34.2 Å². The molecule has 3 N–H and O–H groups in total. The fourth-order valence-electron chi connectivity index (χ4n) is 6.43. The van der Waals surface area contributed by atoms with Crippen molar-refractivity contribution >= 4 is 52.9 Å². The van der Waals surface area contributed by atoms with E-state index in [1.54, 1.807) is 55.1 Å². The molecule has 1 aliphatic heterocycles. The number of rotatable bonds is 14. The number of benzene rings is 3. The van der Waals surface area contributed by atoms with Crippen LogP contribution in [0.25, 0.3) is 34.2 Å². The zero-order valence-corrected chi connectivity index (χ0v) is 38.8. The van der Waals surface area contributed by atoms with Crippen LogP contribution in [0.1, 0.15) is 26.3 Å². The molecule has 0 aliphatic carbocycles. The number of ether oxygens (including phenoxy) is 3. The first-order chi connectivity index (χ1) is 33.8. The first-order valence-corrected chi connectivity index (χ1v) is 22.0. The first kappa shape index (κ1) is 50.9. The number of carbonyl (C=O) groups excluding carboxylic acids is 5. The molecule has 3 aromatic carbocycles. The van der Waals surface area contributed by atoms with Gasteiger partial charge in [-0.1, -0.05) is 42.5 Å². The molecule has 1 aliphatic rings. The van der Waals surface area contributed by atoms with Crippen LogP contribution in [0.5, 0.6) is 0 Å². The Hall–Kier alpha value is -8.52. The highest BCUT2D eigenvalue weighted by atomic mass is 35.5. The van der Waals surface area contributed by atoms with Gasteiger partial charge in [-0.05, 0) is 78.4 Å². The van der Waals surface area contributed by atoms with Crippen molar-refractivity contribution in [3.05, 3.63) is 157 Å². The van der Waals surface area contributed by atoms with E-state index in [4.69, 9.17) is 25.8 Å². The normalized spacial score (nSPS) is 13.0. The number of amides is 4. The molecule has 4 amide bonds. The van der Waals surface area contributed by atoms with E-state index in [0.29, 0.717) is 34.2 Å². The Bertz CT molecular complexity index is 2870. The maximum Gasteiger partial charge on any atom is 0.414 e. The number of cyclic esters (lactones) is 1. The molecular weight excluding hydrogens is 930 g/mol. The first-order valence-electron chi connectivity index (χ1n) is 21.5. The molecule has 362 valence electrons. The summed E-state index contributed by atoms with van der Waals surface area (Å²) in [6, 6.07) is 32.6. The predicted molar refractivity (Wildman–Crippen MR) is 255 cm³/mol. The van der Waals surface area contributed by atoms with Gasteiger partial charge in [0.2, 0.25) is 11.8 Å². The lowest BCUT2D eigenvalue weighted by atomic mass is 10.2. The van der Waals surface area contributed by atoms with Crippen molar-refractivity contribution in [2.24, 2.45) is 0 Å². The number of alkyl halides is 1. The summed E-state index contributed by atoms with van der Waals surface area (Å²) < 4.78 is 47.3. The summed E-state index contributed by atoms with van der Waals surface area (Å²) in [5.41, 5.74) is 4.69. The van der Waals surface area contributed by atoms with Crippen molar-refractivity contribution in [3.63, 3.8) is 0 Å². The highest BCUT2D eigenvalue weighted by Gasteiger charge is 2.33. The summed E-state index contributed by atoms with van der Waals surface area (Å²) in [6.45, 7) is 4.91. The zero-order valence-electron chi connectivity index (χ0n) is 38.0. The Labute approximate surface area is 405 Å². The summed E-state index contributed by atoms with van der Waals surface area (Å²) >= 11 is 5.47. The molecule has 2 atom stereocenters. The van der Waals surface area contributed by atoms with Crippen LogP contribution in [-0.2, 0) is 35.2 Å². The molecule has 1 saturated heterocycles. The third-order valence-corrected chi connectivity index (χ3v) is 10.1. The SMILES string of the molecule is CC(=O)NC[C@@H](CCl)OC(C)=O.CC(=O)NC[C@H]1CN(c2ccc(-n3ccc(-c4ccccn4)n3)c(F)c2)C(=O)O1.O=C(Nc1ccc(-n2ccc(-c3ccccn3)n2)c(F)c1)OCc1ccccc1. The third-order valence-electron chi connectivity index (χ3n) is 9.71. The second-order valence-corrected chi connectivity index (χ2v) is 15.4. The Balaban J connectivity index is 0.000000188. The second-order valence-electron chi connectivity index (χ2n) is 15.1. The van der Waals surface area contributed by atoms with Crippen LogP contribution in [-0.4, -0.2) is 97.2 Å². The van der Waals surface area contributed by atoms with Crippen molar-refractivity contribution in [2.75, 3.05) is 35.7 Å². The number of pyridine rings is 2. The van der Waals surface area contributed by atoms with Crippen molar-refractivity contribution in [1.29, 1.82) is 0 Å². The topological polar surface area (TPSA) is 214 Å². The minimum Gasteiger partial charge on any atom is -0.459 e. The fraction of sp³-hybridized carbons (Fsp3) is 0.204. The summed E-state index contributed by atoms with van der Waals surface area (Å²) in [7, 11) is 0. The fourth-order valence-corrected chi connectivity index (χ4v) is 6.60. The zero-order chi connectivity index (χ0) is 50.0. The molecule has 5 heterocycles. The maximum absolute atomic E-state index is 14.8. The van der Waals surface area contributed by atoms with Crippen molar-refractivity contribution < 1.29 is 47.0 Å². The third kappa shape index (κ3) is 15.0. The molecule has 0 spiro atoms. The minimum absolute atomic E-state index is 0.136. The molecule has 0 radical (unpaired) electrons. The molecule has 21 heteroatoms. The molecule has 70 heavy (non-hydrogen) atoms. The van der Waals surface area contributed by atoms with Crippen LogP contribution in [0.3, 0.4) is 0 Å². The lowest BCUT2D eigenvalue weighted by Gasteiger charge is -2.14. The van der Waals surface area contributed by atoms with Crippen LogP contribution < -0.4 is 20.9 Å². The van der Waals surface area contributed by atoms with Crippen molar-refractivity contribution in [1.82, 2.24) is 40.2 Å². The van der Waals surface area contributed by atoms with E-state index in [0.717, 1.165) is 5.56 Å². The van der Waals surface area contributed by atoms with E-state index in [1.807, 2.05) is 66.7 Å². The Kier molecular flexibility index (Phi) is 18.2. The molecule has 0 saturated carbocycles. The summed E-state index contributed by atoms with van der Waals surface area (Å²) in [4.78, 5) is 65.8. The molecule has 18 nitrogen and oxygen atoms in total. The van der Waals surface area contributed by atoms with E-state index in [9.17, 15) is 32.8 Å². The lowest BCUT2D eigenvalue weighted by Crippen LogP contribution is -2.34. The average molecular weight is 977 g/mol. The van der Waals surface area contributed by atoms with Crippen LogP contribution >= 0.6 is 11.6 Å². The largest absolute Gasteiger partial charge is 0.459 e.